The van der Waals surface area contributed by atoms with Gasteiger partial charge < -0.3 is 19.8 Å². The van der Waals surface area contributed by atoms with Gasteiger partial charge in [-0.15, -0.1) is 22.7 Å². The van der Waals surface area contributed by atoms with Crippen LogP contribution in [0.25, 0.3) is 0 Å². The Hall–Kier alpha value is -3.59. The van der Waals surface area contributed by atoms with Crippen LogP contribution in [0.15, 0.2) is 64.2 Å². The molecule has 42 heavy (non-hydrogen) atoms. The second-order valence-electron chi connectivity index (χ2n) is 9.87. The highest BCUT2D eigenvalue weighted by Crippen LogP contribution is 2.21. The van der Waals surface area contributed by atoms with E-state index in [4.69, 9.17) is 5.14 Å². The SMILES string of the molecule is NS(=O)(=O)c1ccc(CCN(CC(=O)O)C(=O)CC2C(=O)N(CCc3cccs3)CC(=O)N2CCc2cccs2)cc1. The third-order valence-corrected chi connectivity index (χ3v) is 9.78. The van der Waals surface area contributed by atoms with Crippen LogP contribution in [0.2, 0.25) is 0 Å². The summed E-state index contributed by atoms with van der Waals surface area (Å²) in [5.41, 5.74) is 0.673. The molecule has 224 valence electrons. The fourth-order valence-electron chi connectivity index (χ4n) is 4.76. The number of rotatable bonds is 14. The molecular formula is C28H32N4O7S3. The number of nitrogens with zero attached hydrogens (tertiary/aromatic N) is 3. The van der Waals surface area contributed by atoms with Crippen LogP contribution in [0, 0.1) is 0 Å². The smallest absolute Gasteiger partial charge is 0.323 e. The van der Waals surface area contributed by atoms with E-state index in [9.17, 15) is 32.7 Å². The zero-order valence-corrected chi connectivity index (χ0v) is 25.2. The van der Waals surface area contributed by atoms with Crippen LogP contribution in [0.5, 0.6) is 0 Å². The average molecular weight is 633 g/mol. The fourth-order valence-corrected chi connectivity index (χ4v) is 6.67. The first-order valence-corrected chi connectivity index (χ1v) is 16.6. The van der Waals surface area contributed by atoms with Crippen LogP contribution in [0.3, 0.4) is 0 Å². The third kappa shape index (κ3) is 8.47. The fraction of sp³-hybridized carbons (Fsp3) is 0.357. The van der Waals surface area contributed by atoms with Gasteiger partial charge in [0, 0.05) is 29.4 Å². The topological polar surface area (TPSA) is 158 Å². The van der Waals surface area contributed by atoms with Crippen molar-refractivity contribution in [1.29, 1.82) is 0 Å². The summed E-state index contributed by atoms with van der Waals surface area (Å²) in [6.45, 7) is -0.0437. The van der Waals surface area contributed by atoms with Gasteiger partial charge in [0.15, 0.2) is 0 Å². The Morgan fingerprint density at radius 3 is 2.12 bits per heavy atom. The first-order valence-electron chi connectivity index (χ1n) is 13.3. The second-order valence-corrected chi connectivity index (χ2v) is 13.5. The van der Waals surface area contributed by atoms with Gasteiger partial charge in [0.1, 0.15) is 12.6 Å². The number of piperazine rings is 1. The molecule has 1 aliphatic heterocycles. The highest BCUT2D eigenvalue weighted by atomic mass is 32.2. The van der Waals surface area contributed by atoms with E-state index in [1.165, 1.54) is 21.9 Å². The molecule has 2 aromatic heterocycles. The van der Waals surface area contributed by atoms with Crippen molar-refractivity contribution in [3.63, 3.8) is 0 Å². The summed E-state index contributed by atoms with van der Waals surface area (Å²) in [6.07, 6.45) is 1.02. The predicted octanol–water partition coefficient (Wildman–Crippen LogP) is 1.83. The van der Waals surface area contributed by atoms with Crippen molar-refractivity contribution in [2.75, 3.05) is 32.7 Å². The Balaban J connectivity index is 1.49. The largest absolute Gasteiger partial charge is 0.480 e. The Morgan fingerprint density at radius 1 is 0.952 bits per heavy atom. The standard InChI is InChI=1S/C28H32N4O7S3/c29-42(38,39)23-7-5-20(6-8-23)9-12-30(19-27(35)36)25(33)17-24-28(37)31(13-10-21-3-1-15-40-21)18-26(34)32(24)14-11-22-4-2-16-41-22/h1-8,15-16,24H,9-14,17-19H2,(H,35,36)(H2,29,38,39). The maximum atomic E-state index is 13.7. The molecule has 0 spiro atoms. The molecule has 3 amide bonds. The van der Waals surface area contributed by atoms with E-state index < -0.39 is 34.5 Å². The molecule has 3 heterocycles. The number of primary sulfonamides is 1. The lowest BCUT2D eigenvalue weighted by atomic mass is 10.0. The van der Waals surface area contributed by atoms with Gasteiger partial charge in [-0.1, -0.05) is 24.3 Å². The van der Waals surface area contributed by atoms with Crippen molar-refractivity contribution in [2.24, 2.45) is 5.14 Å². The van der Waals surface area contributed by atoms with E-state index in [0.717, 1.165) is 14.7 Å². The summed E-state index contributed by atoms with van der Waals surface area (Å²) in [7, 11) is -3.86. The van der Waals surface area contributed by atoms with Gasteiger partial charge in [-0.05, 0) is 59.9 Å². The molecule has 1 aliphatic rings. The van der Waals surface area contributed by atoms with Gasteiger partial charge in [0.05, 0.1) is 17.9 Å². The molecule has 1 atom stereocenters. The van der Waals surface area contributed by atoms with Crippen molar-refractivity contribution in [3.8, 4) is 0 Å². The lowest BCUT2D eigenvalue weighted by Crippen LogP contribution is -2.61. The number of carboxylic acid groups (broad SMARTS) is 1. The number of sulfonamides is 1. The van der Waals surface area contributed by atoms with E-state index in [2.05, 4.69) is 0 Å². The molecule has 0 saturated carbocycles. The quantitative estimate of drug-likeness (QED) is 0.274. The number of carbonyl (C=O) groups is 4. The Bertz CT molecular complexity index is 1490. The summed E-state index contributed by atoms with van der Waals surface area (Å²) in [6, 6.07) is 12.5. The molecule has 11 nitrogen and oxygen atoms in total. The minimum atomic E-state index is -3.86. The monoisotopic (exact) mass is 632 g/mol. The van der Waals surface area contributed by atoms with Crippen LogP contribution in [0.1, 0.15) is 21.7 Å². The van der Waals surface area contributed by atoms with Crippen molar-refractivity contribution < 1.29 is 32.7 Å². The van der Waals surface area contributed by atoms with E-state index in [0.29, 0.717) is 24.9 Å². The van der Waals surface area contributed by atoms with Crippen molar-refractivity contribution in [2.45, 2.75) is 36.6 Å². The Labute approximate surface area is 252 Å². The van der Waals surface area contributed by atoms with Crippen molar-refractivity contribution in [3.05, 3.63) is 74.6 Å². The van der Waals surface area contributed by atoms with Gasteiger partial charge in [-0.2, -0.15) is 0 Å². The molecule has 1 aromatic carbocycles. The van der Waals surface area contributed by atoms with Gasteiger partial charge in [0.25, 0.3) is 0 Å². The van der Waals surface area contributed by atoms with Crippen LogP contribution in [-0.4, -0.2) is 90.7 Å². The third-order valence-electron chi connectivity index (χ3n) is 6.98. The molecule has 1 unspecified atom stereocenters. The molecule has 3 N–H and O–H groups in total. The first kappa shape index (κ1) is 31.3. The number of carboxylic acids is 1. The van der Waals surface area contributed by atoms with E-state index in [-0.39, 0.29) is 49.2 Å². The summed E-state index contributed by atoms with van der Waals surface area (Å²) >= 11 is 3.10. The minimum absolute atomic E-state index is 0.0198. The lowest BCUT2D eigenvalue weighted by Gasteiger charge is -2.40. The summed E-state index contributed by atoms with van der Waals surface area (Å²) < 4.78 is 23.1. The molecule has 0 aliphatic carbocycles. The van der Waals surface area contributed by atoms with Gasteiger partial charge >= 0.3 is 5.97 Å². The van der Waals surface area contributed by atoms with Crippen LogP contribution < -0.4 is 5.14 Å². The maximum Gasteiger partial charge on any atom is 0.323 e. The average Bonchev–Trinajstić information content (AvgIpc) is 3.66. The molecular weight excluding hydrogens is 601 g/mol. The zero-order valence-electron chi connectivity index (χ0n) is 22.8. The molecule has 1 fully saturated rings. The van der Waals surface area contributed by atoms with Gasteiger partial charge in [0.2, 0.25) is 27.7 Å². The van der Waals surface area contributed by atoms with E-state index in [1.807, 2.05) is 35.0 Å². The number of carbonyl (C=O) groups excluding carboxylic acids is 3. The number of benzene rings is 1. The van der Waals surface area contributed by atoms with Gasteiger partial charge in [-0.3, -0.25) is 19.2 Å². The summed E-state index contributed by atoms with van der Waals surface area (Å²) in [5, 5.41) is 18.5. The number of amides is 3. The molecule has 14 heteroatoms. The highest BCUT2D eigenvalue weighted by molar-refractivity contribution is 7.89. The molecule has 0 bridgehead atoms. The molecule has 4 rings (SSSR count). The summed E-state index contributed by atoms with van der Waals surface area (Å²) in [4.78, 5) is 58.2. The van der Waals surface area contributed by atoms with Crippen LogP contribution >= 0.6 is 22.7 Å². The highest BCUT2D eigenvalue weighted by Gasteiger charge is 2.41. The van der Waals surface area contributed by atoms with Gasteiger partial charge in [-0.25, -0.2) is 13.6 Å². The zero-order chi connectivity index (χ0) is 30.3. The van der Waals surface area contributed by atoms with E-state index in [1.54, 1.807) is 34.8 Å². The minimum Gasteiger partial charge on any atom is -0.480 e. The molecule has 1 saturated heterocycles. The Kier molecular flexibility index (Phi) is 10.5. The number of nitrogens with two attached hydrogens (primary N) is 1. The number of hydrogen-bond donors (Lipinski definition) is 2. The van der Waals surface area contributed by atoms with E-state index >= 15 is 0 Å². The molecule has 3 aromatic rings. The number of thiophene rings is 2. The van der Waals surface area contributed by atoms with Crippen molar-refractivity contribution in [1.82, 2.24) is 14.7 Å². The lowest BCUT2D eigenvalue weighted by molar-refractivity contribution is -0.158. The second kappa shape index (κ2) is 14.1. The first-order chi connectivity index (χ1) is 20.0. The molecule has 0 radical (unpaired) electrons. The van der Waals surface area contributed by atoms with Crippen molar-refractivity contribution >= 4 is 56.4 Å². The summed E-state index contributed by atoms with van der Waals surface area (Å²) in [5.74, 6) is -2.37. The van der Waals surface area contributed by atoms with Crippen LogP contribution in [-0.2, 0) is 48.5 Å². The number of hydrogen-bond acceptors (Lipinski definition) is 8. The Morgan fingerprint density at radius 2 is 1.57 bits per heavy atom. The predicted molar refractivity (Wildman–Crippen MR) is 158 cm³/mol. The normalized spacial score (nSPS) is 15.7. The van der Waals surface area contributed by atoms with Crippen LogP contribution in [0.4, 0.5) is 0 Å². The maximum absolute atomic E-state index is 13.7. The number of aliphatic carboxylic acids is 1.